The number of nitrogens with zero attached hydrogens (tertiary/aromatic N) is 4. The molecule has 1 aliphatic rings. The van der Waals surface area contributed by atoms with Gasteiger partial charge in [0.2, 0.25) is 0 Å². The maximum atomic E-state index is 12.4. The van der Waals surface area contributed by atoms with Crippen molar-refractivity contribution in [2.24, 2.45) is 0 Å². The fourth-order valence-corrected chi connectivity index (χ4v) is 3.32. The summed E-state index contributed by atoms with van der Waals surface area (Å²) < 4.78 is 2.00. The van der Waals surface area contributed by atoms with Crippen LogP contribution in [0.15, 0.2) is 60.9 Å². The van der Waals surface area contributed by atoms with Crippen molar-refractivity contribution in [2.45, 2.75) is 6.42 Å². The van der Waals surface area contributed by atoms with E-state index in [1.807, 2.05) is 58.1 Å². The quantitative estimate of drug-likeness (QED) is 0.787. The van der Waals surface area contributed by atoms with Crippen LogP contribution in [0.4, 0.5) is 10.5 Å². The van der Waals surface area contributed by atoms with Crippen LogP contribution in [-0.4, -0.2) is 53.0 Å². The molecular weight excluding hydrogens is 326 g/mol. The van der Waals surface area contributed by atoms with E-state index in [4.69, 9.17) is 0 Å². The van der Waals surface area contributed by atoms with Crippen molar-refractivity contribution < 1.29 is 4.79 Å². The smallest absolute Gasteiger partial charge is 0.317 e. The van der Waals surface area contributed by atoms with Gasteiger partial charge in [0.05, 0.1) is 5.69 Å². The Morgan fingerprint density at radius 3 is 2.54 bits per heavy atom. The summed E-state index contributed by atoms with van der Waals surface area (Å²) in [5.74, 6) is 0. The van der Waals surface area contributed by atoms with E-state index < -0.39 is 0 Å². The SMILES string of the molecule is O=C(NCCc1cn2ccccc2n1)N1CCN(c2ccccc2)CC1. The second-order valence-electron chi connectivity index (χ2n) is 6.49. The Balaban J connectivity index is 1.24. The molecule has 1 aliphatic heterocycles. The highest BCUT2D eigenvalue weighted by Crippen LogP contribution is 2.15. The summed E-state index contributed by atoms with van der Waals surface area (Å²) in [4.78, 5) is 21.1. The molecule has 0 radical (unpaired) electrons. The van der Waals surface area contributed by atoms with Gasteiger partial charge in [-0.3, -0.25) is 0 Å². The van der Waals surface area contributed by atoms with Gasteiger partial charge in [0.15, 0.2) is 0 Å². The zero-order chi connectivity index (χ0) is 17.8. The first-order valence-electron chi connectivity index (χ1n) is 9.05. The van der Waals surface area contributed by atoms with Crippen molar-refractivity contribution in [3.63, 3.8) is 0 Å². The summed E-state index contributed by atoms with van der Waals surface area (Å²) in [6, 6.07) is 16.3. The van der Waals surface area contributed by atoms with Crippen molar-refractivity contribution in [3.8, 4) is 0 Å². The molecule has 6 nitrogen and oxygen atoms in total. The van der Waals surface area contributed by atoms with E-state index in [1.54, 1.807) is 0 Å². The zero-order valence-corrected chi connectivity index (χ0v) is 14.7. The van der Waals surface area contributed by atoms with Gasteiger partial charge >= 0.3 is 6.03 Å². The number of aromatic nitrogens is 2. The van der Waals surface area contributed by atoms with Crippen LogP contribution in [-0.2, 0) is 6.42 Å². The Morgan fingerprint density at radius 2 is 1.77 bits per heavy atom. The molecule has 3 heterocycles. The minimum Gasteiger partial charge on any atom is -0.368 e. The van der Waals surface area contributed by atoms with Crippen LogP contribution in [0.2, 0.25) is 0 Å². The largest absolute Gasteiger partial charge is 0.368 e. The molecule has 2 amide bonds. The van der Waals surface area contributed by atoms with E-state index in [-0.39, 0.29) is 6.03 Å². The summed E-state index contributed by atoms with van der Waals surface area (Å²) in [6.07, 6.45) is 4.73. The highest BCUT2D eigenvalue weighted by Gasteiger charge is 2.20. The van der Waals surface area contributed by atoms with E-state index in [0.29, 0.717) is 6.54 Å². The summed E-state index contributed by atoms with van der Waals surface area (Å²) in [6.45, 7) is 3.82. The van der Waals surface area contributed by atoms with Crippen LogP contribution in [0, 0.1) is 0 Å². The minimum absolute atomic E-state index is 0.0153. The Labute approximate surface area is 153 Å². The second kappa shape index (κ2) is 7.47. The van der Waals surface area contributed by atoms with Gasteiger partial charge in [0, 0.05) is 57.2 Å². The molecule has 134 valence electrons. The van der Waals surface area contributed by atoms with Crippen molar-refractivity contribution in [2.75, 3.05) is 37.6 Å². The molecule has 0 atom stereocenters. The number of benzene rings is 1. The molecule has 6 heteroatoms. The van der Waals surface area contributed by atoms with Gasteiger partial charge in [-0.1, -0.05) is 24.3 Å². The molecule has 4 rings (SSSR count). The first-order chi connectivity index (χ1) is 12.8. The van der Waals surface area contributed by atoms with Crippen LogP contribution < -0.4 is 10.2 Å². The molecule has 3 aromatic rings. The van der Waals surface area contributed by atoms with Crippen LogP contribution in [0.5, 0.6) is 0 Å². The lowest BCUT2D eigenvalue weighted by Gasteiger charge is -2.36. The lowest BCUT2D eigenvalue weighted by atomic mass is 10.2. The number of hydrogen-bond acceptors (Lipinski definition) is 3. The molecule has 0 aliphatic carbocycles. The number of fused-ring (bicyclic) bond motifs is 1. The fourth-order valence-electron chi connectivity index (χ4n) is 3.32. The minimum atomic E-state index is 0.0153. The molecule has 0 spiro atoms. The molecule has 2 aromatic heterocycles. The average molecular weight is 349 g/mol. The number of piperazine rings is 1. The number of anilines is 1. The monoisotopic (exact) mass is 349 g/mol. The van der Waals surface area contributed by atoms with Crippen LogP contribution in [0.25, 0.3) is 5.65 Å². The normalized spacial score (nSPS) is 14.6. The number of hydrogen-bond donors (Lipinski definition) is 1. The zero-order valence-electron chi connectivity index (χ0n) is 14.7. The third-order valence-electron chi connectivity index (χ3n) is 4.76. The molecule has 1 saturated heterocycles. The first-order valence-corrected chi connectivity index (χ1v) is 9.05. The van der Waals surface area contributed by atoms with Gasteiger partial charge in [-0.25, -0.2) is 9.78 Å². The van der Waals surface area contributed by atoms with E-state index >= 15 is 0 Å². The summed E-state index contributed by atoms with van der Waals surface area (Å²) in [5.41, 5.74) is 3.15. The highest BCUT2D eigenvalue weighted by molar-refractivity contribution is 5.74. The number of carbonyl (C=O) groups excluding carboxylic acids is 1. The van der Waals surface area contributed by atoms with Gasteiger partial charge < -0.3 is 19.5 Å². The van der Waals surface area contributed by atoms with Gasteiger partial charge in [0.25, 0.3) is 0 Å². The number of carbonyl (C=O) groups is 1. The number of imidazole rings is 1. The summed E-state index contributed by atoms with van der Waals surface area (Å²) in [5, 5.41) is 3.02. The second-order valence-corrected chi connectivity index (χ2v) is 6.49. The lowest BCUT2D eigenvalue weighted by molar-refractivity contribution is 0.194. The fraction of sp³-hybridized carbons (Fsp3) is 0.300. The van der Waals surface area contributed by atoms with Crippen molar-refractivity contribution >= 4 is 17.4 Å². The number of rotatable bonds is 4. The van der Waals surface area contributed by atoms with Crippen LogP contribution in [0.1, 0.15) is 5.69 Å². The summed E-state index contributed by atoms with van der Waals surface area (Å²) >= 11 is 0. The maximum Gasteiger partial charge on any atom is 0.317 e. The number of urea groups is 1. The molecule has 26 heavy (non-hydrogen) atoms. The lowest BCUT2D eigenvalue weighted by Crippen LogP contribution is -2.52. The number of pyridine rings is 1. The maximum absolute atomic E-state index is 12.4. The molecule has 1 N–H and O–H groups in total. The molecule has 0 unspecified atom stereocenters. The molecule has 1 fully saturated rings. The molecular formula is C20H23N5O. The average Bonchev–Trinajstić information content (AvgIpc) is 3.11. The van der Waals surface area contributed by atoms with E-state index in [9.17, 15) is 4.79 Å². The topological polar surface area (TPSA) is 52.9 Å². The Morgan fingerprint density at radius 1 is 1.00 bits per heavy atom. The predicted octanol–water partition coefficient (Wildman–Crippen LogP) is 2.41. The van der Waals surface area contributed by atoms with E-state index in [2.05, 4.69) is 27.3 Å². The molecule has 0 bridgehead atoms. The number of amides is 2. The number of nitrogens with one attached hydrogen (secondary N) is 1. The van der Waals surface area contributed by atoms with Crippen molar-refractivity contribution in [1.29, 1.82) is 0 Å². The highest BCUT2D eigenvalue weighted by atomic mass is 16.2. The van der Waals surface area contributed by atoms with Crippen molar-refractivity contribution in [1.82, 2.24) is 19.6 Å². The Hall–Kier alpha value is -3.02. The first kappa shape index (κ1) is 16.4. The third kappa shape index (κ3) is 3.64. The number of para-hydroxylation sites is 1. The summed E-state index contributed by atoms with van der Waals surface area (Å²) in [7, 11) is 0. The standard InChI is InChI=1S/C20H23N5O/c26-20(21-10-9-17-16-25-11-5-4-8-19(25)22-17)24-14-12-23(13-15-24)18-6-2-1-3-7-18/h1-8,11,16H,9-10,12-15H2,(H,21,26). The van der Waals surface area contributed by atoms with Gasteiger partial charge in [-0.05, 0) is 24.3 Å². The predicted molar refractivity (Wildman–Crippen MR) is 103 cm³/mol. The van der Waals surface area contributed by atoms with Gasteiger partial charge in [-0.2, -0.15) is 0 Å². The van der Waals surface area contributed by atoms with E-state index in [0.717, 1.165) is 43.9 Å². The third-order valence-corrected chi connectivity index (χ3v) is 4.76. The Bertz CT molecular complexity index is 835. The molecule has 0 saturated carbocycles. The van der Waals surface area contributed by atoms with Gasteiger partial charge in [0.1, 0.15) is 5.65 Å². The van der Waals surface area contributed by atoms with Crippen LogP contribution >= 0.6 is 0 Å². The van der Waals surface area contributed by atoms with Gasteiger partial charge in [-0.15, -0.1) is 0 Å². The Kier molecular flexibility index (Phi) is 4.73. The molecule has 1 aromatic carbocycles. The van der Waals surface area contributed by atoms with E-state index in [1.165, 1.54) is 5.69 Å². The van der Waals surface area contributed by atoms with Crippen molar-refractivity contribution in [3.05, 3.63) is 66.6 Å². The van der Waals surface area contributed by atoms with Crippen LogP contribution in [0.3, 0.4) is 0 Å².